The van der Waals surface area contributed by atoms with Crippen LogP contribution in [0, 0.1) is 5.92 Å². The number of nitrogens with zero attached hydrogens (tertiary/aromatic N) is 4. The highest BCUT2D eigenvalue weighted by molar-refractivity contribution is 9.10. The van der Waals surface area contributed by atoms with Gasteiger partial charge in [-0.15, -0.1) is 0 Å². The van der Waals surface area contributed by atoms with Crippen LogP contribution in [-0.2, 0) is 6.54 Å². The molecule has 1 aromatic carbocycles. The maximum Gasteiger partial charge on any atom is 0.231 e. The molecule has 0 saturated carbocycles. The summed E-state index contributed by atoms with van der Waals surface area (Å²) in [5, 5.41) is 4.27. The maximum atomic E-state index is 6.08. The van der Waals surface area contributed by atoms with E-state index in [9.17, 15) is 0 Å². The molecule has 4 heterocycles. The van der Waals surface area contributed by atoms with Crippen molar-refractivity contribution in [2.24, 2.45) is 5.92 Å². The molecule has 146 valence electrons. The number of ether oxygens (including phenoxy) is 2. The van der Waals surface area contributed by atoms with Crippen molar-refractivity contribution in [3.05, 3.63) is 22.9 Å². The molecule has 0 unspecified atom stereocenters. The van der Waals surface area contributed by atoms with Crippen LogP contribution >= 0.6 is 27.7 Å². The molecule has 0 aliphatic carbocycles. The zero-order valence-corrected chi connectivity index (χ0v) is 17.4. The smallest absolute Gasteiger partial charge is 0.231 e. The molecular formula is C18H19BrN6O2S. The minimum Gasteiger partial charge on any atom is -0.454 e. The summed E-state index contributed by atoms with van der Waals surface area (Å²) in [6, 6.07) is 3.90. The average Bonchev–Trinajstić information content (AvgIpc) is 3.29. The predicted octanol–water partition coefficient (Wildman–Crippen LogP) is 3.05. The highest BCUT2D eigenvalue weighted by atomic mass is 79.9. The summed E-state index contributed by atoms with van der Waals surface area (Å²) in [6.07, 6.45) is 3.78. The Balaban J connectivity index is 1.54. The number of imidazole rings is 1. The number of rotatable bonds is 4. The summed E-state index contributed by atoms with van der Waals surface area (Å²) >= 11 is 5.19. The van der Waals surface area contributed by atoms with Crippen LogP contribution in [0.25, 0.3) is 11.2 Å². The van der Waals surface area contributed by atoms with Gasteiger partial charge in [-0.3, -0.25) is 0 Å². The van der Waals surface area contributed by atoms with Gasteiger partial charge in [-0.1, -0.05) is 11.8 Å². The molecule has 2 aromatic heterocycles. The molecule has 10 heteroatoms. The number of halogens is 1. The second-order valence-electron chi connectivity index (χ2n) is 6.87. The normalized spacial score (nSPS) is 16.8. The van der Waals surface area contributed by atoms with Gasteiger partial charge in [-0.05, 0) is 59.9 Å². The van der Waals surface area contributed by atoms with Crippen LogP contribution in [0.2, 0.25) is 0 Å². The molecule has 3 aromatic rings. The molecule has 0 radical (unpaired) electrons. The van der Waals surface area contributed by atoms with Gasteiger partial charge in [0.15, 0.2) is 33.6 Å². The zero-order chi connectivity index (χ0) is 19.1. The Morgan fingerprint density at radius 3 is 2.82 bits per heavy atom. The summed E-state index contributed by atoms with van der Waals surface area (Å²) in [6.45, 7) is 3.20. The Morgan fingerprint density at radius 1 is 1.21 bits per heavy atom. The molecule has 0 amide bonds. The summed E-state index contributed by atoms with van der Waals surface area (Å²) < 4.78 is 14.1. The van der Waals surface area contributed by atoms with Crippen LogP contribution in [0.15, 0.2) is 33.0 Å². The van der Waals surface area contributed by atoms with Crippen molar-refractivity contribution in [2.45, 2.75) is 29.4 Å². The van der Waals surface area contributed by atoms with Crippen molar-refractivity contribution in [1.82, 2.24) is 24.8 Å². The number of hydrogen-bond acceptors (Lipinski definition) is 8. The lowest BCUT2D eigenvalue weighted by atomic mass is 9.98. The molecule has 0 bridgehead atoms. The van der Waals surface area contributed by atoms with Gasteiger partial charge in [0.2, 0.25) is 6.79 Å². The van der Waals surface area contributed by atoms with Gasteiger partial charge >= 0.3 is 0 Å². The van der Waals surface area contributed by atoms with E-state index in [0.717, 1.165) is 64.1 Å². The van der Waals surface area contributed by atoms with Crippen molar-refractivity contribution in [3.63, 3.8) is 0 Å². The molecule has 2 aliphatic heterocycles. The number of aromatic nitrogens is 4. The van der Waals surface area contributed by atoms with Gasteiger partial charge in [-0.25, -0.2) is 15.0 Å². The van der Waals surface area contributed by atoms with E-state index < -0.39 is 0 Å². The molecule has 0 atom stereocenters. The highest BCUT2D eigenvalue weighted by Crippen LogP contribution is 2.43. The second-order valence-corrected chi connectivity index (χ2v) is 8.73. The van der Waals surface area contributed by atoms with Crippen LogP contribution in [-0.4, -0.2) is 39.4 Å². The van der Waals surface area contributed by atoms with Crippen LogP contribution in [0.4, 0.5) is 5.82 Å². The minimum atomic E-state index is 0.246. The van der Waals surface area contributed by atoms with Gasteiger partial charge in [0.1, 0.15) is 6.33 Å². The molecule has 2 aliphatic rings. The number of nitrogens with one attached hydrogen (secondary N) is 1. The van der Waals surface area contributed by atoms with Gasteiger partial charge < -0.3 is 25.1 Å². The third kappa shape index (κ3) is 3.29. The van der Waals surface area contributed by atoms with Gasteiger partial charge in [0.25, 0.3) is 0 Å². The molecule has 8 nitrogen and oxygen atoms in total. The fraction of sp³-hybridized carbons (Fsp3) is 0.389. The zero-order valence-electron chi connectivity index (χ0n) is 15.0. The topological polar surface area (TPSA) is 100 Å². The van der Waals surface area contributed by atoms with Crippen molar-refractivity contribution in [1.29, 1.82) is 0 Å². The van der Waals surface area contributed by atoms with E-state index in [-0.39, 0.29) is 6.79 Å². The SMILES string of the molecule is Nc1ncnc2c1nc(Sc1cc3c(cc1Br)OCO3)n2CC1CCNCC1. The fourth-order valence-electron chi connectivity index (χ4n) is 3.57. The molecule has 1 saturated heterocycles. The second kappa shape index (κ2) is 7.41. The Bertz CT molecular complexity index is 1040. The maximum absolute atomic E-state index is 6.08. The van der Waals surface area contributed by atoms with Gasteiger partial charge in [-0.2, -0.15) is 0 Å². The monoisotopic (exact) mass is 462 g/mol. The molecule has 1 fully saturated rings. The third-order valence-corrected chi connectivity index (χ3v) is 7.02. The van der Waals surface area contributed by atoms with Crippen molar-refractivity contribution < 1.29 is 9.47 Å². The third-order valence-electron chi connectivity index (χ3n) is 5.05. The molecular weight excluding hydrogens is 444 g/mol. The van der Waals surface area contributed by atoms with Crippen LogP contribution in [0.3, 0.4) is 0 Å². The summed E-state index contributed by atoms with van der Waals surface area (Å²) in [4.78, 5) is 14.4. The quantitative estimate of drug-likeness (QED) is 0.609. The first-order chi connectivity index (χ1) is 13.7. The number of fused-ring (bicyclic) bond motifs is 2. The fourth-order valence-corrected chi connectivity index (χ4v) is 5.07. The largest absolute Gasteiger partial charge is 0.454 e. The van der Waals surface area contributed by atoms with E-state index in [4.69, 9.17) is 20.2 Å². The van der Waals surface area contributed by atoms with Crippen molar-refractivity contribution in [3.8, 4) is 11.5 Å². The van der Waals surface area contributed by atoms with Crippen molar-refractivity contribution in [2.75, 3.05) is 25.6 Å². The Hall–Kier alpha value is -2.04. The number of nitrogen functional groups attached to an aromatic ring is 1. The van der Waals surface area contributed by atoms with E-state index in [2.05, 4.69) is 35.8 Å². The first kappa shape index (κ1) is 18.0. The number of benzene rings is 1. The van der Waals surface area contributed by atoms with Crippen LogP contribution < -0.4 is 20.5 Å². The van der Waals surface area contributed by atoms with Crippen LogP contribution in [0.5, 0.6) is 11.5 Å². The van der Waals surface area contributed by atoms with E-state index >= 15 is 0 Å². The number of piperidine rings is 1. The molecule has 3 N–H and O–H groups in total. The van der Waals surface area contributed by atoms with Gasteiger partial charge in [0.05, 0.1) is 0 Å². The highest BCUT2D eigenvalue weighted by Gasteiger charge is 2.23. The Kier molecular flexibility index (Phi) is 4.77. The standard InChI is InChI=1S/C18H19BrN6O2S/c19-11-5-12-13(27-9-26-12)6-14(11)28-18-24-15-16(20)22-8-23-17(15)25(18)7-10-1-3-21-4-2-10/h5-6,8,10,21H,1-4,7,9H2,(H2,20,22,23). The lowest BCUT2D eigenvalue weighted by molar-refractivity contribution is 0.174. The molecule has 0 spiro atoms. The van der Waals surface area contributed by atoms with E-state index in [1.54, 1.807) is 11.8 Å². The predicted molar refractivity (Wildman–Crippen MR) is 110 cm³/mol. The van der Waals surface area contributed by atoms with E-state index in [1.165, 1.54) is 6.33 Å². The first-order valence-corrected chi connectivity index (χ1v) is 10.7. The van der Waals surface area contributed by atoms with Crippen LogP contribution in [0.1, 0.15) is 12.8 Å². The summed E-state index contributed by atoms with van der Waals surface area (Å²) in [7, 11) is 0. The number of nitrogens with two attached hydrogens (primary N) is 1. The van der Waals surface area contributed by atoms with Gasteiger partial charge in [0, 0.05) is 15.9 Å². The van der Waals surface area contributed by atoms with E-state index in [1.807, 2.05) is 12.1 Å². The lowest BCUT2D eigenvalue weighted by Gasteiger charge is -2.23. The summed E-state index contributed by atoms with van der Waals surface area (Å²) in [5.74, 6) is 2.47. The number of anilines is 1. The Labute approximate surface area is 174 Å². The number of hydrogen-bond donors (Lipinski definition) is 2. The first-order valence-electron chi connectivity index (χ1n) is 9.13. The Morgan fingerprint density at radius 2 is 2.00 bits per heavy atom. The molecule has 5 rings (SSSR count). The van der Waals surface area contributed by atoms with Crippen molar-refractivity contribution >= 4 is 44.7 Å². The lowest BCUT2D eigenvalue weighted by Crippen LogP contribution is -2.30. The summed E-state index contributed by atoms with van der Waals surface area (Å²) in [5.41, 5.74) is 7.51. The van der Waals surface area contributed by atoms with E-state index in [0.29, 0.717) is 17.3 Å². The average molecular weight is 463 g/mol. The molecule has 28 heavy (non-hydrogen) atoms. The minimum absolute atomic E-state index is 0.246.